The van der Waals surface area contributed by atoms with Crippen molar-refractivity contribution in [2.24, 2.45) is 0 Å². The monoisotopic (exact) mass is 262 g/mol. The minimum Gasteiger partial charge on any atom is -0.408 e. The van der Waals surface area contributed by atoms with Crippen molar-refractivity contribution >= 4 is 27.6 Å². The van der Waals surface area contributed by atoms with Crippen molar-refractivity contribution < 1.29 is 4.42 Å². The number of hydrogen-bond donors (Lipinski definition) is 1. The van der Waals surface area contributed by atoms with E-state index >= 15 is 0 Å². The smallest absolute Gasteiger partial charge is 0.408 e. The number of nitrogens with one attached hydrogen (secondary N) is 1. The Bertz CT molecular complexity index is 743. The van der Waals surface area contributed by atoms with Gasteiger partial charge in [0.15, 0.2) is 5.58 Å². The van der Waals surface area contributed by atoms with Gasteiger partial charge in [0.2, 0.25) is 0 Å². The molecule has 2 heterocycles. The van der Waals surface area contributed by atoms with Gasteiger partial charge >= 0.3 is 5.76 Å². The number of para-hydroxylation sites is 2. The summed E-state index contributed by atoms with van der Waals surface area (Å²) < 4.78 is 10.6. The van der Waals surface area contributed by atoms with E-state index in [0.717, 1.165) is 16.2 Å². The van der Waals surface area contributed by atoms with Crippen molar-refractivity contribution in [3.8, 4) is 0 Å². The normalized spacial score (nSPS) is 10.9. The minimum atomic E-state index is -0.383. The number of anilines is 1. The van der Waals surface area contributed by atoms with Gasteiger partial charge in [0.1, 0.15) is 10.7 Å². The molecular weight excluding hydrogens is 252 g/mol. The number of nitrogens with zero attached hydrogens (tertiary/aromatic N) is 3. The third-order valence-corrected chi connectivity index (χ3v) is 3.45. The molecule has 2 aromatic heterocycles. The lowest BCUT2D eigenvalue weighted by molar-refractivity contribution is 0.516. The Morgan fingerprint density at radius 3 is 3.11 bits per heavy atom. The van der Waals surface area contributed by atoms with Crippen LogP contribution in [0.15, 0.2) is 33.5 Å². The molecule has 0 bridgehead atoms. The molecule has 0 atom stereocenters. The second-order valence-corrected chi connectivity index (χ2v) is 4.47. The van der Waals surface area contributed by atoms with E-state index in [1.807, 2.05) is 18.2 Å². The maximum absolute atomic E-state index is 11.8. The molecule has 0 fully saturated rings. The lowest BCUT2D eigenvalue weighted by atomic mass is 10.3. The quantitative estimate of drug-likeness (QED) is 0.775. The highest BCUT2D eigenvalue weighted by atomic mass is 32.1. The number of benzene rings is 1. The number of hydrogen-bond acceptors (Lipinski definition) is 6. The van der Waals surface area contributed by atoms with Crippen LogP contribution in [0.4, 0.5) is 5.00 Å². The predicted molar refractivity (Wildman–Crippen MR) is 69.0 cm³/mol. The third kappa shape index (κ3) is 1.68. The molecule has 3 aromatic rings. The van der Waals surface area contributed by atoms with Crippen LogP contribution in [0.2, 0.25) is 0 Å². The summed E-state index contributed by atoms with van der Waals surface area (Å²) in [5, 5.41) is 7.87. The van der Waals surface area contributed by atoms with Crippen molar-refractivity contribution in [2.75, 3.05) is 12.4 Å². The molecule has 1 N–H and O–H groups in total. The van der Waals surface area contributed by atoms with Crippen molar-refractivity contribution in [3.05, 3.63) is 40.5 Å². The molecule has 0 spiro atoms. The van der Waals surface area contributed by atoms with Crippen LogP contribution in [0.25, 0.3) is 11.1 Å². The zero-order chi connectivity index (χ0) is 12.5. The standard InChI is InChI=1S/C11H10N4O2S/c1-12-10-7(13-14-18-10)6-15-8-4-2-3-5-9(8)17-11(15)16/h2-5,12H,6H2,1H3. The van der Waals surface area contributed by atoms with Gasteiger partial charge < -0.3 is 9.73 Å². The van der Waals surface area contributed by atoms with Crippen LogP contribution in [0, 0.1) is 0 Å². The Hall–Kier alpha value is -2.15. The summed E-state index contributed by atoms with van der Waals surface area (Å²) in [6.07, 6.45) is 0. The van der Waals surface area contributed by atoms with E-state index in [2.05, 4.69) is 14.9 Å². The average Bonchev–Trinajstić information content (AvgIpc) is 2.95. The second-order valence-electron chi connectivity index (χ2n) is 3.72. The van der Waals surface area contributed by atoms with Gasteiger partial charge in [0.05, 0.1) is 12.1 Å². The summed E-state index contributed by atoms with van der Waals surface area (Å²) in [6, 6.07) is 7.32. The summed E-state index contributed by atoms with van der Waals surface area (Å²) in [4.78, 5) is 11.8. The van der Waals surface area contributed by atoms with E-state index in [4.69, 9.17) is 4.42 Å². The molecular formula is C11H10N4O2S. The number of fused-ring (bicyclic) bond motifs is 1. The zero-order valence-electron chi connectivity index (χ0n) is 9.58. The molecule has 92 valence electrons. The van der Waals surface area contributed by atoms with E-state index in [1.165, 1.54) is 11.5 Å². The van der Waals surface area contributed by atoms with Crippen LogP contribution in [0.5, 0.6) is 0 Å². The molecule has 0 radical (unpaired) electrons. The summed E-state index contributed by atoms with van der Waals surface area (Å²) in [6.45, 7) is 0.350. The Labute approximate surface area is 106 Å². The molecule has 18 heavy (non-hydrogen) atoms. The molecule has 6 nitrogen and oxygen atoms in total. The van der Waals surface area contributed by atoms with Gasteiger partial charge in [-0.05, 0) is 12.1 Å². The van der Waals surface area contributed by atoms with Crippen LogP contribution in [0.1, 0.15) is 5.69 Å². The largest absolute Gasteiger partial charge is 0.420 e. The summed E-state index contributed by atoms with van der Waals surface area (Å²) in [7, 11) is 1.80. The fourth-order valence-electron chi connectivity index (χ4n) is 1.82. The molecule has 0 unspecified atom stereocenters. The lowest BCUT2D eigenvalue weighted by Gasteiger charge is -2.01. The molecule has 0 saturated heterocycles. The number of oxazole rings is 1. The van der Waals surface area contributed by atoms with Crippen molar-refractivity contribution in [1.82, 2.24) is 14.2 Å². The highest BCUT2D eigenvalue weighted by molar-refractivity contribution is 7.10. The Morgan fingerprint density at radius 1 is 1.44 bits per heavy atom. The fraction of sp³-hybridized carbons (Fsp3) is 0.182. The summed E-state index contributed by atoms with van der Waals surface area (Å²) in [5.41, 5.74) is 2.07. The maximum atomic E-state index is 11.8. The zero-order valence-corrected chi connectivity index (χ0v) is 10.4. The molecule has 0 aliphatic rings. The van der Waals surface area contributed by atoms with Crippen molar-refractivity contribution in [2.45, 2.75) is 6.54 Å². The first-order chi connectivity index (χ1) is 8.79. The fourth-order valence-corrected chi connectivity index (χ4v) is 2.34. The van der Waals surface area contributed by atoms with Gasteiger partial charge in [-0.15, -0.1) is 5.10 Å². The van der Waals surface area contributed by atoms with Gasteiger partial charge in [0.25, 0.3) is 0 Å². The predicted octanol–water partition coefficient (Wildman–Crippen LogP) is 1.54. The minimum absolute atomic E-state index is 0.350. The van der Waals surface area contributed by atoms with Crippen molar-refractivity contribution in [3.63, 3.8) is 0 Å². The van der Waals surface area contributed by atoms with Crippen LogP contribution >= 0.6 is 11.5 Å². The Kier molecular flexibility index (Phi) is 2.60. The van der Waals surface area contributed by atoms with Gasteiger partial charge in [0, 0.05) is 18.6 Å². The molecule has 0 amide bonds. The maximum Gasteiger partial charge on any atom is 0.420 e. The summed E-state index contributed by atoms with van der Waals surface area (Å²) >= 11 is 1.26. The topological polar surface area (TPSA) is 73.0 Å². The Morgan fingerprint density at radius 2 is 2.28 bits per heavy atom. The molecule has 0 aliphatic heterocycles. The molecule has 3 rings (SSSR count). The highest BCUT2D eigenvalue weighted by Crippen LogP contribution is 2.19. The lowest BCUT2D eigenvalue weighted by Crippen LogP contribution is -2.15. The van der Waals surface area contributed by atoms with E-state index in [-0.39, 0.29) is 5.76 Å². The first kappa shape index (κ1) is 11.0. The second kappa shape index (κ2) is 4.26. The first-order valence-electron chi connectivity index (χ1n) is 5.37. The highest BCUT2D eigenvalue weighted by Gasteiger charge is 2.13. The SMILES string of the molecule is CNc1snnc1Cn1c(=O)oc2ccccc21. The van der Waals surface area contributed by atoms with Crippen molar-refractivity contribution in [1.29, 1.82) is 0 Å². The van der Waals surface area contributed by atoms with E-state index < -0.39 is 0 Å². The molecule has 7 heteroatoms. The van der Waals surface area contributed by atoms with Crippen LogP contribution in [0.3, 0.4) is 0 Å². The third-order valence-electron chi connectivity index (χ3n) is 2.66. The molecule has 0 aliphatic carbocycles. The van der Waals surface area contributed by atoms with E-state index in [9.17, 15) is 4.79 Å². The molecule has 1 aromatic carbocycles. The van der Waals surface area contributed by atoms with Crippen LogP contribution in [-0.4, -0.2) is 21.2 Å². The number of rotatable bonds is 3. The number of aromatic nitrogens is 3. The Balaban J connectivity index is 2.10. The average molecular weight is 262 g/mol. The summed E-state index contributed by atoms with van der Waals surface area (Å²) in [5.74, 6) is -0.383. The van der Waals surface area contributed by atoms with E-state index in [0.29, 0.717) is 12.1 Å². The van der Waals surface area contributed by atoms with Gasteiger partial charge in [-0.25, -0.2) is 4.79 Å². The van der Waals surface area contributed by atoms with Crippen LogP contribution < -0.4 is 11.1 Å². The first-order valence-corrected chi connectivity index (χ1v) is 6.14. The van der Waals surface area contributed by atoms with E-state index in [1.54, 1.807) is 17.7 Å². The van der Waals surface area contributed by atoms with Gasteiger partial charge in [-0.2, -0.15) is 0 Å². The van der Waals surface area contributed by atoms with Gasteiger partial charge in [-0.3, -0.25) is 4.57 Å². The van der Waals surface area contributed by atoms with Gasteiger partial charge in [-0.1, -0.05) is 16.6 Å². The molecule has 0 saturated carbocycles. The van der Waals surface area contributed by atoms with Crippen LogP contribution in [-0.2, 0) is 6.54 Å².